The monoisotopic (exact) mass is 307 g/mol. The largest absolute Gasteiger partial charge is 0.373 e. The maximum atomic E-state index is 5.92. The van der Waals surface area contributed by atoms with Crippen molar-refractivity contribution in [1.29, 1.82) is 0 Å². The number of guanidine groups is 1. The minimum Gasteiger partial charge on any atom is -0.373 e. The average molecular weight is 307 g/mol. The molecule has 2 N–H and O–H groups in total. The van der Waals surface area contributed by atoms with Crippen LogP contribution in [0.4, 0.5) is 0 Å². The average Bonchev–Trinajstić information content (AvgIpc) is 3.15. The first-order valence-electron chi connectivity index (χ1n) is 9.55. The Morgan fingerprint density at radius 3 is 2.68 bits per heavy atom. The number of hydrogen-bond acceptors (Lipinski definition) is 2. The van der Waals surface area contributed by atoms with Gasteiger partial charge in [0.2, 0.25) is 0 Å². The molecule has 0 amide bonds. The van der Waals surface area contributed by atoms with Crippen LogP contribution in [0.1, 0.15) is 71.1 Å². The van der Waals surface area contributed by atoms with Crippen LogP contribution in [0.2, 0.25) is 0 Å². The predicted molar refractivity (Wildman–Crippen MR) is 91.2 cm³/mol. The number of hydrogen-bond donors (Lipinski definition) is 2. The third-order valence-corrected chi connectivity index (χ3v) is 5.54. The molecule has 0 aromatic rings. The van der Waals surface area contributed by atoms with Gasteiger partial charge in [-0.3, -0.25) is 4.99 Å². The van der Waals surface area contributed by atoms with Crippen LogP contribution in [0.5, 0.6) is 0 Å². The topological polar surface area (TPSA) is 45.7 Å². The molecular formula is C18H33N3O. The molecule has 0 aromatic carbocycles. The van der Waals surface area contributed by atoms with Crippen LogP contribution in [0.15, 0.2) is 4.99 Å². The zero-order valence-corrected chi connectivity index (χ0v) is 14.2. The highest BCUT2D eigenvalue weighted by molar-refractivity contribution is 5.80. The van der Waals surface area contributed by atoms with Gasteiger partial charge in [0.25, 0.3) is 0 Å². The molecule has 126 valence electrons. The lowest BCUT2D eigenvalue weighted by atomic mass is 9.86. The summed E-state index contributed by atoms with van der Waals surface area (Å²) in [4.78, 5) is 4.78. The summed E-state index contributed by atoms with van der Waals surface area (Å²) in [7, 11) is 0. The Morgan fingerprint density at radius 2 is 2.00 bits per heavy atom. The van der Waals surface area contributed by atoms with Gasteiger partial charge in [0.1, 0.15) is 0 Å². The Morgan fingerprint density at radius 1 is 1.14 bits per heavy atom. The second-order valence-corrected chi connectivity index (χ2v) is 7.27. The number of fused-ring (bicyclic) bond motifs is 2. The van der Waals surface area contributed by atoms with Crippen molar-refractivity contribution in [3.05, 3.63) is 0 Å². The molecule has 22 heavy (non-hydrogen) atoms. The molecule has 0 aromatic heterocycles. The highest BCUT2D eigenvalue weighted by Crippen LogP contribution is 2.34. The molecule has 2 saturated heterocycles. The van der Waals surface area contributed by atoms with Crippen molar-refractivity contribution < 1.29 is 4.74 Å². The van der Waals surface area contributed by atoms with Crippen LogP contribution in [-0.4, -0.2) is 37.3 Å². The van der Waals surface area contributed by atoms with Crippen LogP contribution in [0, 0.1) is 5.92 Å². The smallest absolute Gasteiger partial charge is 0.191 e. The van der Waals surface area contributed by atoms with E-state index in [9.17, 15) is 0 Å². The van der Waals surface area contributed by atoms with Gasteiger partial charge in [0.15, 0.2) is 5.96 Å². The van der Waals surface area contributed by atoms with Gasteiger partial charge in [-0.05, 0) is 44.9 Å². The van der Waals surface area contributed by atoms with Gasteiger partial charge in [-0.2, -0.15) is 0 Å². The second-order valence-electron chi connectivity index (χ2n) is 7.27. The summed E-state index contributed by atoms with van der Waals surface area (Å²) in [6, 6.07) is 0.467. The summed E-state index contributed by atoms with van der Waals surface area (Å²) in [5.74, 6) is 1.96. The number of nitrogens with zero attached hydrogens (tertiary/aromatic N) is 1. The van der Waals surface area contributed by atoms with Crippen LogP contribution >= 0.6 is 0 Å². The third kappa shape index (κ3) is 4.37. The van der Waals surface area contributed by atoms with Gasteiger partial charge in [-0.1, -0.05) is 32.1 Å². The molecule has 3 atom stereocenters. The van der Waals surface area contributed by atoms with E-state index in [0.29, 0.717) is 18.2 Å². The van der Waals surface area contributed by atoms with Crippen molar-refractivity contribution in [2.45, 2.75) is 89.4 Å². The van der Waals surface area contributed by atoms with Gasteiger partial charge in [0.05, 0.1) is 18.2 Å². The maximum Gasteiger partial charge on any atom is 0.191 e. The fraction of sp³-hybridized carbons (Fsp3) is 0.944. The molecule has 4 nitrogen and oxygen atoms in total. The van der Waals surface area contributed by atoms with Crippen molar-refractivity contribution in [1.82, 2.24) is 10.6 Å². The lowest BCUT2D eigenvalue weighted by Gasteiger charge is -2.23. The van der Waals surface area contributed by atoms with E-state index in [2.05, 4.69) is 17.6 Å². The van der Waals surface area contributed by atoms with Crippen molar-refractivity contribution in [2.75, 3.05) is 13.1 Å². The summed E-state index contributed by atoms with van der Waals surface area (Å²) in [6.45, 7) is 4.01. The number of ether oxygens (including phenoxy) is 1. The number of rotatable bonds is 6. The van der Waals surface area contributed by atoms with Gasteiger partial charge in [0, 0.05) is 13.1 Å². The van der Waals surface area contributed by atoms with Crippen LogP contribution in [0.3, 0.4) is 0 Å². The lowest BCUT2D eigenvalue weighted by Crippen LogP contribution is -2.47. The Hall–Kier alpha value is -0.770. The fourth-order valence-corrected chi connectivity index (χ4v) is 4.33. The van der Waals surface area contributed by atoms with Crippen molar-refractivity contribution in [3.63, 3.8) is 0 Å². The van der Waals surface area contributed by atoms with E-state index in [1.807, 2.05) is 0 Å². The van der Waals surface area contributed by atoms with E-state index in [1.165, 1.54) is 57.8 Å². The molecule has 2 bridgehead atoms. The molecule has 0 radical (unpaired) electrons. The molecule has 1 aliphatic carbocycles. The SMILES string of the molecule is CCNC(=NCCCC1CCCCC1)NC1CC2CCC1O2. The summed E-state index contributed by atoms with van der Waals surface area (Å²) in [6.07, 6.45) is 14.4. The second kappa shape index (κ2) is 8.19. The Labute approximate surface area is 135 Å². The minimum atomic E-state index is 0.413. The molecular weight excluding hydrogens is 274 g/mol. The first kappa shape index (κ1) is 16.1. The third-order valence-electron chi connectivity index (χ3n) is 5.54. The van der Waals surface area contributed by atoms with E-state index in [-0.39, 0.29) is 0 Å². The van der Waals surface area contributed by atoms with Gasteiger partial charge >= 0.3 is 0 Å². The van der Waals surface area contributed by atoms with E-state index in [0.717, 1.165) is 31.4 Å². The zero-order valence-electron chi connectivity index (χ0n) is 14.2. The van der Waals surface area contributed by atoms with Gasteiger partial charge in [-0.15, -0.1) is 0 Å². The fourth-order valence-electron chi connectivity index (χ4n) is 4.33. The maximum absolute atomic E-state index is 5.92. The summed E-state index contributed by atoms with van der Waals surface area (Å²) >= 11 is 0. The van der Waals surface area contributed by atoms with E-state index in [1.54, 1.807) is 0 Å². The standard InChI is InChI=1S/C18H33N3O/c1-2-19-18(21-16-13-15-10-11-17(16)22-15)20-12-6-9-14-7-4-3-5-8-14/h14-17H,2-13H2,1H3,(H2,19,20,21). The number of nitrogens with one attached hydrogen (secondary N) is 2. The molecule has 4 heteroatoms. The molecule has 3 aliphatic rings. The number of aliphatic imine (C=N–C) groups is 1. The van der Waals surface area contributed by atoms with E-state index in [4.69, 9.17) is 9.73 Å². The van der Waals surface area contributed by atoms with Gasteiger partial charge < -0.3 is 15.4 Å². The van der Waals surface area contributed by atoms with E-state index < -0.39 is 0 Å². The molecule has 2 aliphatic heterocycles. The molecule has 3 fully saturated rings. The Kier molecular flexibility index (Phi) is 5.99. The molecule has 3 unspecified atom stereocenters. The quantitative estimate of drug-likeness (QED) is 0.450. The zero-order chi connectivity index (χ0) is 15.2. The van der Waals surface area contributed by atoms with Crippen molar-refractivity contribution >= 4 is 5.96 Å². The summed E-state index contributed by atoms with van der Waals surface area (Å²) in [5, 5.41) is 6.99. The highest BCUT2D eigenvalue weighted by atomic mass is 16.5. The van der Waals surface area contributed by atoms with E-state index >= 15 is 0 Å². The van der Waals surface area contributed by atoms with Crippen LogP contribution in [0.25, 0.3) is 0 Å². The molecule has 1 saturated carbocycles. The lowest BCUT2D eigenvalue weighted by molar-refractivity contribution is 0.0992. The van der Waals surface area contributed by atoms with Crippen LogP contribution < -0.4 is 10.6 Å². The first-order valence-corrected chi connectivity index (χ1v) is 9.55. The van der Waals surface area contributed by atoms with Crippen molar-refractivity contribution in [2.24, 2.45) is 10.9 Å². The normalized spacial score (nSPS) is 32.4. The van der Waals surface area contributed by atoms with Gasteiger partial charge in [-0.25, -0.2) is 0 Å². The molecule has 3 rings (SSSR count). The first-order chi connectivity index (χ1) is 10.8. The Balaban J connectivity index is 1.39. The summed E-state index contributed by atoms with van der Waals surface area (Å²) < 4.78 is 5.92. The minimum absolute atomic E-state index is 0.413. The molecule has 0 spiro atoms. The molecule has 2 heterocycles. The highest BCUT2D eigenvalue weighted by Gasteiger charge is 2.41. The predicted octanol–water partition coefficient (Wildman–Crippen LogP) is 3.22. The summed E-state index contributed by atoms with van der Waals surface area (Å²) in [5.41, 5.74) is 0. The van der Waals surface area contributed by atoms with Crippen molar-refractivity contribution in [3.8, 4) is 0 Å². The van der Waals surface area contributed by atoms with Crippen LogP contribution in [-0.2, 0) is 4.74 Å². The Bertz CT molecular complexity index is 365.